The van der Waals surface area contributed by atoms with E-state index in [9.17, 15) is 0 Å². The van der Waals surface area contributed by atoms with E-state index in [1.165, 1.54) is 0 Å². The van der Waals surface area contributed by atoms with E-state index in [4.69, 9.17) is 4.74 Å². The number of nitrogens with zero attached hydrogens (tertiary/aromatic N) is 4. The third kappa shape index (κ3) is 3.14. The number of hydrogen-bond acceptors (Lipinski definition) is 5. The Bertz CT molecular complexity index is 540. The van der Waals surface area contributed by atoms with Gasteiger partial charge in [0.05, 0.1) is 7.11 Å². The molecule has 1 N–H and O–H groups in total. The van der Waals surface area contributed by atoms with Crippen LogP contribution in [0.5, 0.6) is 5.88 Å². The molecule has 0 saturated heterocycles. The molecule has 0 aliphatic carbocycles. The molecule has 0 saturated carbocycles. The summed E-state index contributed by atoms with van der Waals surface area (Å²) in [6, 6.07) is 4.07. The summed E-state index contributed by atoms with van der Waals surface area (Å²) >= 11 is 0. The number of aromatic nitrogens is 4. The van der Waals surface area contributed by atoms with Crippen LogP contribution in [0.15, 0.2) is 24.7 Å². The van der Waals surface area contributed by atoms with Gasteiger partial charge in [0.1, 0.15) is 12.2 Å². The van der Waals surface area contributed by atoms with Crippen LogP contribution in [0, 0.1) is 0 Å². The Labute approximate surface area is 119 Å². The highest BCUT2D eigenvalue weighted by Crippen LogP contribution is 2.24. The zero-order chi connectivity index (χ0) is 14.4. The minimum absolute atomic E-state index is 0.109. The van der Waals surface area contributed by atoms with Crippen molar-refractivity contribution in [1.29, 1.82) is 0 Å². The lowest BCUT2D eigenvalue weighted by Crippen LogP contribution is -2.25. The predicted octanol–water partition coefficient (Wildman–Crippen LogP) is 1.59. The smallest absolute Gasteiger partial charge is 0.217 e. The summed E-state index contributed by atoms with van der Waals surface area (Å²) in [4.78, 5) is 8.61. The van der Waals surface area contributed by atoms with Crippen LogP contribution >= 0.6 is 0 Å². The number of aryl methyl sites for hydroxylation is 1. The lowest BCUT2D eigenvalue weighted by Gasteiger charge is -2.19. The molecule has 0 fully saturated rings. The van der Waals surface area contributed by atoms with Gasteiger partial charge in [-0.1, -0.05) is 13.0 Å². The summed E-state index contributed by atoms with van der Waals surface area (Å²) in [5.41, 5.74) is 1.04. The highest BCUT2D eigenvalue weighted by molar-refractivity contribution is 5.29. The minimum Gasteiger partial charge on any atom is -0.481 e. The first-order valence-corrected chi connectivity index (χ1v) is 6.89. The first-order chi connectivity index (χ1) is 9.80. The molecule has 2 rings (SSSR count). The van der Waals surface area contributed by atoms with Crippen molar-refractivity contribution in [2.75, 3.05) is 13.7 Å². The monoisotopic (exact) mass is 275 g/mol. The van der Waals surface area contributed by atoms with Gasteiger partial charge >= 0.3 is 0 Å². The maximum absolute atomic E-state index is 5.35. The summed E-state index contributed by atoms with van der Waals surface area (Å²) < 4.78 is 7.26. The van der Waals surface area contributed by atoms with Gasteiger partial charge in [-0.05, 0) is 19.5 Å². The van der Waals surface area contributed by atoms with Crippen LogP contribution in [0.3, 0.4) is 0 Å². The second-order valence-electron chi connectivity index (χ2n) is 4.41. The summed E-state index contributed by atoms with van der Waals surface area (Å²) in [5.74, 6) is 1.62. The van der Waals surface area contributed by atoms with E-state index in [0.717, 1.165) is 30.9 Å². The Morgan fingerprint density at radius 2 is 2.20 bits per heavy atom. The number of pyridine rings is 1. The number of hydrogen-bond donors (Lipinski definition) is 1. The van der Waals surface area contributed by atoms with Gasteiger partial charge in [-0.2, -0.15) is 5.10 Å². The number of methoxy groups -OCH3 is 1. The van der Waals surface area contributed by atoms with E-state index in [-0.39, 0.29) is 6.04 Å². The molecule has 2 heterocycles. The summed E-state index contributed by atoms with van der Waals surface area (Å²) in [6.45, 7) is 5.83. The van der Waals surface area contributed by atoms with E-state index in [2.05, 4.69) is 34.2 Å². The molecule has 108 valence electrons. The average molecular weight is 275 g/mol. The largest absolute Gasteiger partial charge is 0.481 e. The van der Waals surface area contributed by atoms with Gasteiger partial charge in [0.15, 0.2) is 0 Å². The second-order valence-corrected chi connectivity index (χ2v) is 4.41. The van der Waals surface area contributed by atoms with Crippen LogP contribution < -0.4 is 10.1 Å². The van der Waals surface area contributed by atoms with Crippen LogP contribution in [0.1, 0.15) is 31.3 Å². The molecule has 1 atom stereocenters. The fourth-order valence-corrected chi connectivity index (χ4v) is 2.27. The molecule has 6 nitrogen and oxygen atoms in total. The van der Waals surface area contributed by atoms with Crippen molar-refractivity contribution in [3.05, 3.63) is 36.0 Å². The average Bonchev–Trinajstić information content (AvgIpc) is 2.94. The number of likely N-dealkylation sites (N-methyl/N-ethyl adjacent to an activating group) is 1. The maximum atomic E-state index is 5.35. The standard InChI is InChI=1S/C14H21N5O/c1-4-15-12(9-13-17-10-18-19(13)5-2)11-7-6-8-16-14(11)20-3/h6-8,10,12,15H,4-5,9H2,1-3H3. The van der Waals surface area contributed by atoms with Gasteiger partial charge in [-0.25, -0.2) is 9.97 Å². The van der Waals surface area contributed by atoms with Crippen molar-refractivity contribution in [2.24, 2.45) is 0 Å². The highest BCUT2D eigenvalue weighted by Gasteiger charge is 2.18. The van der Waals surface area contributed by atoms with Crippen LogP contribution in [0.25, 0.3) is 0 Å². The molecule has 1 unspecified atom stereocenters. The van der Waals surface area contributed by atoms with Gasteiger partial charge in [0.25, 0.3) is 0 Å². The van der Waals surface area contributed by atoms with Crippen molar-refractivity contribution < 1.29 is 4.74 Å². The Kier molecular flexibility index (Phi) is 5.06. The number of rotatable bonds is 7. The van der Waals surface area contributed by atoms with Crippen molar-refractivity contribution >= 4 is 0 Å². The summed E-state index contributed by atoms with van der Waals surface area (Å²) in [5, 5.41) is 7.68. The molecule has 2 aromatic heterocycles. The normalized spacial score (nSPS) is 12.3. The second kappa shape index (κ2) is 7.00. The molecule has 6 heteroatoms. The molecule has 2 aromatic rings. The molecular weight excluding hydrogens is 254 g/mol. The van der Waals surface area contributed by atoms with Gasteiger partial charge < -0.3 is 10.1 Å². The lowest BCUT2D eigenvalue weighted by molar-refractivity contribution is 0.381. The fraction of sp³-hybridized carbons (Fsp3) is 0.500. The van der Waals surface area contributed by atoms with Crippen molar-refractivity contribution in [2.45, 2.75) is 32.9 Å². The van der Waals surface area contributed by atoms with Gasteiger partial charge in [0.2, 0.25) is 5.88 Å². The van der Waals surface area contributed by atoms with Gasteiger partial charge in [-0.3, -0.25) is 4.68 Å². The Hall–Kier alpha value is -1.95. The Balaban J connectivity index is 2.27. The van der Waals surface area contributed by atoms with E-state index in [1.54, 1.807) is 19.6 Å². The van der Waals surface area contributed by atoms with Gasteiger partial charge in [-0.15, -0.1) is 0 Å². The Morgan fingerprint density at radius 3 is 2.90 bits per heavy atom. The lowest BCUT2D eigenvalue weighted by atomic mass is 10.0. The SMILES string of the molecule is CCNC(Cc1ncnn1CC)c1cccnc1OC. The van der Waals surface area contributed by atoms with Crippen molar-refractivity contribution in [3.63, 3.8) is 0 Å². The van der Waals surface area contributed by atoms with Crippen LogP contribution in [0.4, 0.5) is 0 Å². The Morgan fingerprint density at radius 1 is 1.35 bits per heavy atom. The number of nitrogens with one attached hydrogen (secondary N) is 1. The molecule has 0 radical (unpaired) electrons. The van der Waals surface area contributed by atoms with E-state index >= 15 is 0 Å². The van der Waals surface area contributed by atoms with E-state index in [0.29, 0.717) is 5.88 Å². The molecule has 0 bridgehead atoms. The summed E-state index contributed by atoms with van der Waals surface area (Å²) in [6.07, 6.45) is 4.09. The third-order valence-corrected chi connectivity index (χ3v) is 3.20. The van der Waals surface area contributed by atoms with Crippen LogP contribution in [-0.4, -0.2) is 33.4 Å². The molecule has 20 heavy (non-hydrogen) atoms. The molecule has 0 aliphatic rings. The molecule has 0 aromatic carbocycles. The highest BCUT2D eigenvalue weighted by atomic mass is 16.5. The molecule has 0 spiro atoms. The minimum atomic E-state index is 0.109. The third-order valence-electron chi connectivity index (χ3n) is 3.20. The summed E-state index contributed by atoms with van der Waals surface area (Å²) in [7, 11) is 1.64. The quantitative estimate of drug-likeness (QED) is 0.831. The van der Waals surface area contributed by atoms with Crippen LogP contribution in [-0.2, 0) is 13.0 Å². The molecule has 0 amide bonds. The van der Waals surface area contributed by atoms with Crippen molar-refractivity contribution in [1.82, 2.24) is 25.1 Å². The topological polar surface area (TPSA) is 64.9 Å². The predicted molar refractivity (Wildman–Crippen MR) is 76.6 cm³/mol. The van der Waals surface area contributed by atoms with E-state index in [1.807, 2.05) is 16.8 Å². The van der Waals surface area contributed by atoms with Gasteiger partial charge in [0, 0.05) is 30.8 Å². The fourth-order valence-electron chi connectivity index (χ4n) is 2.27. The number of ether oxygens (including phenoxy) is 1. The van der Waals surface area contributed by atoms with E-state index < -0.39 is 0 Å². The van der Waals surface area contributed by atoms with Crippen LogP contribution in [0.2, 0.25) is 0 Å². The maximum Gasteiger partial charge on any atom is 0.217 e. The van der Waals surface area contributed by atoms with Crippen molar-refractivity contribution in [3.8, 4) is 5.88 Å². The first kappa shape index (κ1) is 14.5. The first-order valence-electron chi connectivity index (χ1n) is 6.89. The molecular formula is C14H21N5O. The molecule has 0 aliphatic heterocycles. The zero-order valence-electron chi connectivity index (χ0n) is 12.2. The zero-order valence-corrected chi connectivity index (χ0v) is 12.2.